The molecular formula is C9H9F2NO. The lowest BCUT2D eigenvalue weighted by Crippen LogP contribution is -2.02. The highest BCUT2D eigenvalue weighted by atomic mass is 19.3. The second-order valence-corrected chi connectivity index (χ2v) is 2.53. The first-order chi connectivity index (χ1) is 6.09. The van der Waals surface area contributed by atoms with Gasteiger partial charge in [-0.2, -0.15) is 8.78 Å². The number of ether oxygens (including phenoxy) is 1. The lowest BCUT2D eigenvalue weighted by Gasteiger charge is -2.04. The quantitative estimate of drug-likeness (QED) is 0.721. The Balaban J connectivity index is 2.75. The number of benzene rings is 1. The first-order valence-electron chi connectivity index (χ1n) is 3.70. The van der Waals surface area contributed by atoms with Gasteiger partial charge in [-0.25, -0.2) is 0 Å². The first kappa shape index (κ1) is 9.64. The Bertz CT molecular complexity index is 295. The van der Waals surface area contributed by atoms with E-state index >= 15 is 0 Å². The number of nitrogens with one attached hydrogen (secondary N) is 1. The Morgan fingerprint density at radius 1 is 1.31 bits per heavy atom. The topological polar surface area (TPSA) is 33.1 Å². The van der Waals surface area contributed by atoms with Crippen molar-refractivity contribution in [2.75, 3.05) is 0 Å². The van der Waals surface area contributed by atoms with Gasteiger partial charge in [-0.1, -0.05) is 0 Å². The molecule has 0 amide bonds. The molecule has 0 aromatic heterocycles. The zero-order chi connectivity index (χ0) is 9.84. The Labute approximate surface area is 74.7 Å². The molecule has 0 spiro atoms. The van der Waals surface area contributed by atoms with Crippen molar-refractivity contribution in [3.63, 3.8) is 0 Å². The second kappa shape index (κ2) is 3.98. The van der Waals surface area contributed by atoms with E-state index < -0.39 is 6.61 Å². The van der Waals surface area contributed by atoms with Gasteiger partial charge in [0.2, 0.25) is 0 Å². The van der Waals surface area contributed by atoms with Crippen molar-refractivity contribution in [1.29, 1.82) is 5.41 Å². The largest absolute Gasteiger partial charge is 0.435 e. The minimum Gasteiger partial charge on any atom is -0.435 e. The summed E-state index contributed by atoms with van der Waals surface area (Å²) in [6.07, 6.45) is 0. The maximum Gasteiger partial charge on any atom is 0.387 e. The lowest BCUT2D eigenvalue weighted by atomic mass is 10.1. The SMILES string of the molecule is CC(=N)c1ccc(OC(F)F)cc1. The fraction of sp³-hybridized carbons (Fsp3) is 0.222. The molecule has 1 aromatic rings. The highest BCUT2D eigenvalue weighted by Gasteiger charge is 2.03. The summed E-state index contributed by atoms with van der Waals surface area (Å²) >= 11 is 0. The fourth-order valence-corrected chi connectivity index (χ4v) is 0.886. The van der Waals surface area contributed by atoms with Crippen molar-refractivity contribution in [3.05, 3.63) is 29.8 Å². The van der Waals surface area contributed by atoms with Gasteiger partial charge in [-0.15, -0.1) is 0 Å². The van der Waals surface area contributed by atoms with Gasteiger partial charge in [0.25, 0.3) is 0 Å². The number of hydrogen-bond donors (Lipinski definition) is 1. The van der Waals surface area contributed by atoms with Crippen molar-refractivity contribution in [2.45, 2.75) is 13.5 Å². The van der Waals surface area contributed by atoms with Crippen LogP contribution < -0.4 is 4.74 Å². The number of alkyl halides is 2. The summed E-state index contributed by atoms with van der Waals surface area (Å²) in [6.45, 7) is -1.17. The Kier molecular flexibility index (Phi) is 2.95. The van der Waals surface area contributed by atoms with Crippen LogP contribution in [0.5, 0.6) is 5.75 Å². The molecule has 0 aliphatic rings. The molecule has 0 unspecified atom stereocenters. The van der Waals surface area contributed by atoms with Gasteiger partial charge in [0.05, 0.1) is 0 Å². The summed E-state index contributed by atoms with van der Waals surface area (Å²) in [7, 11) is 0. The van der Waals surface area contributed by atoms with Gasteiger partial charge >= 0.3 is 6.61 Å². The van der Waals surface area contributed by atoms with Crippen LogP contribution in [0, 0.1) is 5.41 Å². The molecule has 0 aliphatic heterocycles. The Morgan fingerprint density at radius 2 is 1.85 bits per heavy atom. The lowest BCUT2D eigenvalue weighted by molar-refractivity contribution is -0.0498. The summed E-state index contributed by atoms with van der Waals surface area (Å²) in [5.41, 5.74) is 1.09. The molecule has 0 saturated heterocycles. The average Bonchev–Trinajstić information content (AvgIpc) is 2.04. The zero-order valence-corrected chi connectivity index (χ0v) is 7.05. The summed E-state index contributed by atoms with van der Waals surface area (Å²) in [5.74, 6) is 0.111. The molecule has 0 radical (unpaired) electrons. The molecular weight excluding hydrogens is 176 g/mol. The predicted octanol–water partition coefficient (Wildman–Crippen LogP) is 2.68. The van der Waals surface area contributed by atoms with Crippen LogP contribution in [0.15, 0.2) is 24.3 Å². The van der Waals surface area contributed by atoms with Crippen molar-refractivity contribution in [1.82, 2.24) is 0 Å². The number of halogens is 2. The van der Waals surface area contributed by atoms with Gasteiger partial charge < -0.3 is 10.1 Å². The van der Waals surface area contributed by atoms with Crippen molar-refractivity contribution >= 4 is 5.71 Å². The smallest absolute Gasteiger partial charge is 0.387 e. The van der Waals surface area contributed by atoms with Crippen LogP contribution >= 0.6 is 0 Å². The number of rotatable bonds is 3. The third kappa shape index (κ3) is 2.82. The summed E-state index contributed by atoms with van der Waals surface area (Å²) < 4.78 is 27.6. The van der Waals surface area contributed by atoms with Gasteiger partial charge in [-0.3, -0.25) is 0 Å². The molecule has 1 aromatic carbocycles. The summed E-state index contributed by atoms with van der Waals surface area (Å²) in [6, 6.07) is 5.97. The molecule has 2 nitrogen and oxygen atoms in total. The van der Waals surface area contributed by atoms with Crippen LogP contribution in [-0.2, 0) is 0 Å². The van der Waals surface area contributed by atoms with Crippen LogP contribution in [0.4, 0.5) is 8.78 Å². The minimum absolute atomic E-state index is 0.111. The molecule has 1 rings (SSSR count). The van der Waals surface area contributed by atoms with Gasteiger partial charge in [0.1, 0.15) is 5.75 Å². The predicted molar refractivity (Wildman–Crippen MR) is 45.6 cm³/mol. The monoisotopic (exact) mass is 185 g/mol. The van der Waals surface area contributed by atoms with Crippen molar-refractivity contribution < 1.29 is 13.5 Å². The third-order valence-electron chi connectivity index (χ3n) is 1.51. The highest BCUT2D eigenvalue weighted by molar-refractivity contribution is 5.96. The van der Waals surface area contributed by atoms with E-state index in [1.54, 1.807) is 19.1 Å². The van der Waals surface area contributed by atoms with Gasteiger partial charge in [0, 0.05) is 5.71 Å². The van der Waals surface area contributed by atoms with E-state index in [0.29, 0.717) is 11.3 Å². The third-order valence-corrected chi connectivity index (χ3v) is 1.51. The van der Waals surface area contributed by atoms with E-state index in [9.17, 15) is 8.78 Å². The van der Waals surface area contributed by atoms with Crippen molar-refractivity contribution in [3.8, 4) is 5.75 Å². The summed E-state index contributed by atoms with van der Waals surface area (Å²) in [5, 5.41) is 7.26. The van der Waals surface area contributed by atoms with Gasteiger partial charge in [-0.05, 0) is 36.8 Å². The molecule has 0 bridgehead atoms. The average molecular weight is 185 g/mol. The molecule has 0 fully saturated rings. The van der Waals surface area contributed by atoms with E-state index in [-0.39, 0.29) is 5.75 Å². The van der Waals surface area contributed by atoms with Crippen molar-refractivity contribution in [2.24, 2.45) is 0 Å². The Morgan fingerprint density at radius 3 is 2.23 bits per heavy atom. The molecule has 13 heavy (non-hydrogen) atoms. The van der Waals surface area contributed by atoms with Crippen LogP contribution in [0.2, 0.25) is 0 Å². The molecule has 0 saturated carbocycles. The number of hydrogen-bond acceptors (Lipinski definition) is 2. The highest BCUT2D eigenvalue weighted by Crippen LogP contribution is 2.14. The van der Waals surface area contributed by atoms with Crippen LogP contribution in [0.25, 0.3) is 0 Å². The minimum atomic E-state index is -2.80. The molecule has 0 aliphatic carbocycles. The maximum absolute atomic E-state index is 11.7. The fourth-order valence-electron chi connectivity index (χ4n) is 0.886. The molecule has 0 atom stereocenters. The van der Waals surface area contributed by atoms with Crippen LogP contribution in [-0.4, -0.2) is 12.3 Å². The van der Waals surface area contributed by atoms with E-state index in [0.717, 1.165) is 0 Å². The van der Waals surface area contributed by atoms with E-state index in [1.165, 1.54) is 12.1 Å². The normalized spacial score (nSPS) is 10.2. The van der Waals surface area contributed by atoms with E-state index in [4.69, 9.17) is 5.41 Å². The van der Waals surface area contributed by atoms with E-state index in [1.807, 2.05) is 0 Å². The molecule has 4 heteroatoms. The van der Waals surface area contributed by atoms with Crippen LogP contribution in [0.1, 0.15) is 12.5 Å². The second-order valence-electron chi connectivity index (χ2n) is 2.53. The molecule has 70 valence electrons. The molecule has 0 heterocycles. The summed E-state index contributed by atoms with van der Waals surface area (Å²) in [4.78, 5) is 0. The first-order valence-corrected chi connectivity index (χ1v) is 3.70. The zero-order valence-electron chi connectivity index (χ0n) is 7.05. The molecule has 1 N–H and O–H groups in total. The standard InChI is InChI=1S/C9H9F2NO/c1-6(12)7-2-4-8(5-3-7)13-9(10)11/h2-5,9,12H,1H3. The van der Waals surface area contributed by atoms with E-state index in [2.05, 4.69) is 4.74 Å². The van der Waals surface area contributed by atoms with Gasteiger partial charge in [0.15, 0.2) is 0 Å². The Hall–Kier alpha value is -1.45. The van der Waals surface area contributed by atoms with Crippen LogP contribution in [0.3, 0.4) is 0 Å². The maximum atomic E-state index is 11.7.